The molecule has 0 spiro atoms. The molecular formula is C21H33N3O2. The van der Waals surface area contributed by atoms with Crippen LogP contribution < -0.4 is 10.6 Å². The van der Waals surface area contributed by atoms with Crippen LogP contribution in [0, 0.1) is 0 Å². The topological polar surface area (TPSA) is 53.6 Å². The molecule has 5 nitrogen and oxygen atoms in total. The molecule has 0 saturated carbocycles. The molecule has 5 heteroatoms. The van der Waals surface area contributed by atoms with Crippen LogP contribution >= 0.6 is 0 Å². The fraction of sp³-hybridized carbons (Fsp3) is 0.667. The molecule has 3 rings (SSSR count). The van der Waals surface area contributed by atoms with Crippen molar-refractivity contribution in [3.05, 3.63) is 35.9 Å². The summed E-state index contributed by atoms with van der Waals surface area (Å²) in [4.78, 5) is 14.4. The standard InChI is InChI=1S/C21H33N3O2/c25-21(16-19-8-4-11-22-19)23-12-5-15-26-20-9-13-24(14-10-20)17-18-6-2-1-3-7-18/h1-3,6-7,19-20,22H,4-5,8-17H2,(H,23,25). The van der Waals surface area contributed by atoms with E-state index < -0.39 is 0 Å². The molecular weight excluding hydrogens is 326 g/mol. The zero-order chi connectivity index (χ0) is 18.0. The summed E-state index contributed by atoms with van der Waals surface area (Å²) in [5, 5.41) is 6.38. The average molecular weight is 360 g/mol. The van der Waals surface area contributed by atoms with Gasteiger partial charge in [-0.05, 0) is 44.2 Å². The highest BCUT2D eigenvalue weighted by Gasteiger charge is 2.20. The minimum Gasteiger partial charge on any atom is -0.378 e. The van der Waals surface area contributed by atoms with Crippen molar-refractivity contribution in [2.24, 2.45) is 0 Å². The molecule has 1 aromatic rings. The fourth-order valence-corrected chi connectivity index (χ4v) is 3.85. The number of likely N-dealkylation sites (tertiary alicyclic amines) is 1. The summed E-state index contributed by atoms with van der Waals surface area (Å²) < 4.78 is 6.01. The van der Waals surface area contributed by atoms with Crippen LogP contribution in [0.4, 0.5) is 0 Å². The second kappa shape index (κ2) is 10.7. The lowest BCUT2D eigenvalue weighted by molar-refractivity contribution is -0.121. The molecule has 2 heterocycles. The van der Waals surface area contributed by atoms with Gasteiger partial charge in [0.05, 0.1) is 6.10 Å². The van der Waals surface area contributed by atoms with E-state index in [0.29, 0.717) is 18.6 Å². The Hall–Kier alpha value is -1.43. The van der Waals surface area contributed by atoms with Gasteiger partial charge < -0.3 is 15.4 Å². The summed E-state index contributed by atoms with van der Waals surface area (Å²) in [7, 11) is 0. The molecule has 2 fully saturated rings. The van der Waals surface area contributed by atoms with Crippen LogP contribution in [-0.4, -0.2) is 55.7 Å². The van der Waals surface area contributed by atoms with Crippen molar-refractivity contribution in [3.8, 4) is 0 Å². The van der Waals surface area contributed by atoms with Gasteiger partial charge in [0.25, 0.3) is 0 Å². The number of amides is 1. The predicted octanol–water partition coefficient (Wildman–Crippen LogP) is 2.32. The Labute approximate surface area is 157 Å². The quantitative estimate of drug-likeness (QED) is 0.665. The molecule has 1 unspecified atom stereocenters. The second-order valence-electron chi connectivity index (χ2n) is 7.53. The van der Waals surface area contributed by atoms with Crippen LogP contribution in [0.25, 0.3) is 0 Å². The van der Waals surface area contributed by atoms with Gasteiger partial charge in [-0.1, -0.05) is 30.3 Å². The summed E-state index contributed by atoms with van der Waals surface area (Å²) in [6, 6.07) is 11.0. The van der Waals surface area contributed by atoms with E-state index in [0.717, 1.165) is 65.0 Å². The molecule has 0 aromatic heterocycles. The van der Waals surface area contributed by atoms with Crippen molar-refractivity contribution in [3.63, 3.8) is 0 Å². The van der Waals surface area contributed by atoms with Crippen molar-refractivity contribution >= 4 is 5.91 Å². The molecule has 2 aliphatic rings. The maximum absolute atomic E-state index is 11.9. The van der Waals surface area contributed by atoms with Crippen molar-refractivity contribution < 1.29 is 9.53 Å². The monoisotopic (exact) mass is 359 g/mol. The van der Waals surface area contributed by atoms with Crippen LogP contribution in [0.15, 0.2) is 30.3 Å². The third-order valence-electron chi connectivity index (χ3n) is 5.37. The van der Waals surface area contributed by atoms with Gasteiger partial charge in [0.15, 0.2) is 0 Å². The van der Waals surface area contributed by atoms with Gasteiger partial charge in [0, 0.05) is 45.2 Å². The minimum absolute atomic E-state index is 0.165. The van der Waals surface area contributed by atoms with Gasteiger partial charge in [0.2, 0.25) is 5.91 Å². The predicted molar refractivity (Wildman–Crippen MR) is 104 cm³/mol. The third kappa shape index (κ3) is 6.71. The van der Waals surface area contributed by atoms with Crippen molar-refractivity contribution in [2.75, 3.05) is 32.8 Å². The first-order valence-electron chi connectivity index (χ1n) is 10.2. The lowest BCUT2D eigenvalue weighted by atomic mass is 10.1. The molecule has 1 aromatic carbocycles. The Kier molecular flexibility index (Phi) is 7.92. The number of ether oxygens (including phenoxy) is 1. The lowest BCUT2D eigenvalue weighted by Gasteiger charge is -2.32. The molecule has 0 aliphatic carbocycles. The fourth-order valence-electron chi connectivity index (χ4n) is 3.85. The van der Waals surface area contributed by atoms with Crippen molar-refractivity contribution in [1.29, 1.82) is 0 Å². The van der Waals surface area contributed by atoms with Gasteiger partial charge in [-0.3, -0.25) is 9.69 Å². The van der Waals surface area contributed by atoms with E-state index in [1.54, 1.807) is 0 Å². The van der Waals surface area contributed by atoms with Gasteiger partial charge in [-0.2, -0.15) is 0 Å². The number of piperidine rings is 1. The van der Waals surface area contributed by atoms with E-state index >= 15 is 0 Å². The molecule has 1 atom stereocenters. The van der Waals surface area contributed by atoms with Gasteiger partial charge in [-0.15, -0.1) is 0 Å². The van der Waals surface area contributed by atoms with E-state index in [1.807, 2.05) is 0 Å². The first-order chi connectivity index (χ1) is 12.8. The molecule has 0 radical (unpaired) electrons. The number of hydrogen-bond acceptors (Lipinski definition) is 4. The Bertz CT molecular complexity index is 523. The molecule has 26 heavy (non-hydrogen) atoms. The molecule has 2 saturated heterocycles. The normalized spacial score (nSPS) is 21.8. The maximum Gasteiger partial charge on any atom is 0.221 e. The minimum atomic E-state index is 0.165. The third-order valence-corrected chi connectivity index (χ3v) is 5.37. The Balaban J connectivity index is 1.20. The van der Waals surface area contributed by atoms with E-state index in [2.05, 4.69) is 45.9 Å². The van der Waals surface area contributed by atoms with Gasteiger partial charge in [0.1, 0.15) is 0 Å². The number of nitrogens with zero attached hydrogens (tertiary/aromatic N) is 1. The van der Waals surface area contributed by atoms with E-state index in [1.165, 1.54) is 12.0 Å². The number of rotatable bonds is 9. The summed E-state index contributed by atoms with van der Waals surface area (Å²) in [5.41, 5.74) is 1.38. The lowest BCUT2D eigenvalue weighted by Crippen LogP contribution is -2.37. The van der Waals surface area contributed by atoms with Crippen LogP contribution in [0.3, 0.4) is 0 Å². The molecule has 0 bridgehead atoms. The van der Waals surface area contributed by atoms with E-state index in [-0.39, 0.29) is 5.91 Å². The number of hydrogen-bond donors (Lipinski definition) is 2. The summed E-state index contributed by atoms with van der Waals surface area (Å²) >= 11 is 0. The average Bonchev–Trinajstić information content (AvgIpc) is 3.16. The smallest absolute Gasteiger partial charge is 0.221 e. The SMILES string of the molecule is O=C(CC1CCCN1)NCCCOC1CCN(Cc2ccccc2)CC1. The Morgan fingerprint density at radius 1 is 1.19 bits per heavy atom. The second-order valence-corrected chi connectivity index (χ2v) is 7.53. The first kappa shape index (κ1) is 19.3. The molecule has 1 amide bonds. The highest BCUT2D eigenvalue weighted by molar-refractivity contribution is 5.76. The molecule has 144 valence electrons. The van der Waals surface area contributed by atoms with Crippen molar-refractivity contribution in [1.82, 2.24) is 15.5 Å². The van der Waals surface area contributed by atoms with E-state index in [9.17, 15) is 4.79 Å². The Morgan fingerprint density at radius 2 is 2.00 bits per heavy atom. The summed E-state index contributed by atoms with van der Waals surface area (Å²) in [6.45, 7) is 5.75. The highest BCUT2D eigenvalue weighted by atomic mass is 16.5. The summed E-state index contributed by atoms with van der Waals surface area (Å²) in [5.74, 6) is 0.165. The number of nitrogens with one attached hydrogen (secondary N) is 2. The van der Waals surface area contributed by atoms with Crippen molar-refractivity contribution in [2.45, 2.75) is 57.2 Å². The van der Waals surface area contributed by atoms with Crippen LogP contribution in [0.1, 0.15) is 44.1 Å². The molecule has 2 aliphatic heterocycles. The van der Waals surface area contributed by atoms with Crippen LogP contribution in [-0.2, 0) is 16.1 Å². The Morgan fingerprint density at radius 3 is 2.73 bits per heavy atom. The summed E-state index contributed by atoms with van der Waals surface area (Å²) in [6.07, 6.45) is 6.41. The zero-order valence-corrected chi connectivity index (χ0v) is 15.8. The first-order valence-corrected chi connectivity index (χ1v) is 10.2. The largest absolute Gasteiger partial charge is 0.378 e. The zero-order valence-electron chi connectivity index (χ0n) is 15.8. The van der Waals surface area contributed by atoms with Gasteiger partial charge >= 0.3 is 0 Å². The number of carbonyl (C=O) groups is 1. The van der Waals surface area contributed by atoms with Crippen LogP contribution in [0.5, 0.6) is 0 Å². The van der Waals surface area contributed by atoms with Gasteiger partial charge in [-0.25, -0.2) is 0 Å². The maximum atomic E-state index is 11.9. The van der Waals surface area contributed by atoms with Crippen LogP contribution in [0.2, 0.25) is 0 Å². The molecule has 2 N–H and O–H groups in total. The number of carbonyl (C=O) groups excluding carboxylic acids is 1. The number of benzene rings is 1. The van der Waals surface area contributed by atoms with E-state index in [4.69, 9.17) is 4.74 Å². The highest BCUT2D eigenvalue weighted by Crippen LogP contribution is 2.16.